The van der Waals surface area contributed by atoms with E-state index in [1.165, 1.54) is 19.3 Å². The molecule has 1 aromatic heterocycles. The monoisotopic (exact) mass is 423 g/mol. The number of carbonyl (C=O) groups is 3. The minimum absolute atomic E-state index is 0.00316. The normalized spacial score (nSPS) is 28.6. The van der Waals surface area contributed by atoms with Crippen LogP contribution in [0.2, 0.25) is 0 Å². The van der Waals surface area contributed by atoms with Crippen molar-refractivity contribution in [3.8, 4) is 0 Å². The molecule has 0 atom stereocenters. The molecule has 0 spiro atoms. The molecule has 1 aromatic carbocycles. The number of nitrogens with two attached hydrogens (primary N) is 1. The average molecular weight is 423 g/mol. The van der Waals surface area contributed by atoms with Crippen molar-refractivity contribution in [1.29, 1.82) is 0 Å². The maximum absolute atomic E-state index is 13.0. The summed E-state index contributed by atoms with van der Waals surface area (Å²) in [6.07, 6.45) is 6.40. The first-order chi connectivity index (χ1) is 14.8. The van der Waals surface area contributed by atoms with Gasteiger partial charge in [-0.2, -0.15) is 5.10 Å². The van der Waals surface area contributed by atoms with Crippen LogP contribution in [0.4, 0.5) is 0 Å². The highest BCUT2D eigenvalue weighted by Gasteiger charge is 2.54. The smallest absolute Gasteiger partial charge is 0.328 e. The zero-order chi connectivity index (χ0) is 21.8. The molecule has 6 rings (SSSR count). The van der Waals surface area contributed by atoms with Crippen LogP contribution < -0.4 is 11.3 Å². The molecular weight excluding hydrogens is 398 g/mol. The molecule has 4 bridgehead atoms. The third-order valence-electron chi connectivity index (χ3n) is 7.37. The first-order valence-electron chi connectivity index (χ1n) is 10.8. The van der Waals surface area contributed by atoms with Gasteiger partial charge in [-0.3, -0.25) is 19.2 Å². The highest BCUT2D eigenvalue weighted by Crippen LogP contribution is 2.60. The summed E-state index contributed by atoms with van der Waals surface area (Å²) in [5, 5.41) is 4.54. The molecule has 4 aliphatic rings. The Morgan fingerprint density at radius 1 is 1.03 bits per heavy atom. The fraction of sp³-hybridized carbons (Fsp3) is 0.522. The lowest BCUT2D eigenvalue weighted by atomic mass is 9.48. The maximum Gasteiger partial charge on any atom is 0.328 e. The molecular formula is C23H25N3O5. The van der Waals surface area contributed by atoms with Gasteiger partial charge in [-0.05, 0) is 62.3 Å². The third kappa shape index (κ3) is 3.43. The van der Waals surface area contributed by atoms with E-state index in [9.17, 15) is 19.2 Å². The predicted molar refractivity (Wildman–Crippen MR) is 111 cm³/mol. The highest BCUT2D eigenvalue weighted by molar-refractivity contribution is 6.04. The Morgan fingerprint density at radius 3 is 2.19 bits per heavy atom. The van der Waals surface area contributed by atoms with Crippen LogP contribution in [0.3, 0.4) is 0 Å². The summed E-state index contributed by atoms with van der Waals surface area (Å²) in [6.45, 7) is -0.770. The molecule has 4 saturated carbocycles. The minimum atomic E-state index is -0.796. The topological polar surface area (TPSA) is 121 Å². The minimum Gasteiger partial charge on any atom is -0.456 e. The number of nitrogens with zero attached hydrogens (tertiary/aromatic N) is 2. The van der Waals surface area contributed by atoms with Gasteiger partial charge in [0.25, 0.3) is 11.5 Å². The van der Waals surface area contributed by atoms with E-state index in [-0.39, 0.29) is 28.9 Å². The van der Waals surface area contributed by atoms with Crippen molar-refractivity contribution in [3.63, 3.8) is 0 Å². The van der Waals surface area contributed by atoms with Gasteiger partial charge in [0.2, 0.25) is 0 Å². The van der Waals surface area contributed by atoms with Crippen LogP contribution in [0.15, 0.2) is 29.1 Å². The van der Waals surface area contributed by atoms with Crippen molar-refractivity contribution < 1.29 is 19.1 Å². The molecule has 162 valence electrons. The van der Waals surface area contributed by atoms with E-state index in [1.807, 2.05) is 0 Å². The lowest BCUT2D eigenvalue weighted by Gasteiger charge is -2.55. The van der Waals surface area contributed by atoms with Crippen LogP contribution in [0.1, 0.15) is 49.0 Å². The van der Waals surface area contributed by atoms with E-state index < -0.39 is 24.0 Å². The first kappa shape index (κ1) is 19.9. The van der Waals surface area contributed by atoms with Crippen molar-refractivity contribution >= 4 is 28.4 Å². The van der Waals surface area contributed by atoms with Crippen molar-refractivity contribution in [1.82, 2.24) is 9.78 Å². The number of benzene rings is 1. The Labute approximate surface area is 178 Å². The Morgan fingerprint density at radius 2 is 1.61 bits per heavy atom. The van der Waals surface area contributed by atoms with Crippen molar-refractivity contribution in [3.05, 3.63) is 40.3 Å². The van der Waals surface area contributed by atoms with E-state index in [1.54, 1.807) is 24.3 Å². The molecule has 8 heteroatoms. The molecule has 31 heavy (non-hydrogen) atoms. The Bertz CT molecular complexity index is 1120. The quantitative estimate of drug-likeness (QED) is 0.708. The van der Waals surface area contributed by atoms with Crippen molar-refractivity contribution in [2.24, 2.45) is 28.9 Å². The number of ketones is 1. The summed E-state index contributed by atoms with van der Waals surface area (Å²) in [5.41, 5.74) is 4.44. The van der Waals surface area contributed by atoms with Gasteiger partial charge in [0.15, 0.2) is 18.1 Å². The number of ether oxygens (including phenoxy) is 1. The summed E-state index contributed by atoms with van der Waals surface area (Å²) in [4.78, 5) is 49.9. The summed E-state index contributed by atoms with van der Waals surface area (Å²) >= 11 is 0. The van der Waals surface area contributed by atoms with E-state index in [2.05, 4.69) is 5.10 Å². The van der Waals surface area contributed by atoms with E-state index in [0.29, 0.717) is 23.1 Å². The van der Waals surface area contributed by atoms with Crippen LogP contribution in [0.5, 0.6) is 0 Å². The van der Waals surface area contributed by atoms with E-state index in [4.69, 9.17) is 10.5 Å². The van der Waals surface area contributed by atoms with Gasteiger partial charge >= 0.3 is 5.97 Å². The predicted octanol–water partition coefficient (Wildman–Crippen LogP) is 1.82. The molecule has 2 aromatic rings. The number of primary amides is 1. The number of hydrogen-bond acceptors (Lipinski definition) is 6. The number of Topliss-reactive ketones (excluding diaryl/α,β-unsaturated/α-hetero) is 1. The van der Waals surface area contributed by atoms with E-state index in [0.717, 1.165) is 23.9 Å². The number of esters is 1. The molecule has 0 aliphatic heterocycles. The third-order valence-corrected chi connectivity index (χ3v) is 7.37. The number of carbonyl (C=O) groups excluding carboxylic acids is 3. The van der Waals surface area contributed by atoms with Gasteiger partial charge < -0.3 is 10.5 Å². The highest BCUT2D eigenvalue weighted by atomic mass is 16.5. The zero-order valence-corrected chi connectivity index (χ0v) is 17.2. The zero-order valence-electron chi connectivity index (χ0n) is 17.2. The number of amides is 1. The molecule has 1 amide bonds. The Hall–Kier alpha value is -3.03. The molecule has 4 aliphatic carbocycles. The van der Waals surface area contributed by atoms with Gasteiger partial charge in [0.05, 0.1) is 5.39 Å². The van der Waals surface area contributed by atoms with Gasteiger partial charge in [-0.25, -0.2) is 4.68 Å². The SMILES string of the molecule is NC(=O)c1nn(CC(=O)OCC(=O)C23CC4CC(CC(C4)C2)C3)c(=O)c2ccccc12. The standard InChI is InChI=1S/C23H25N3O5/c24-21(29)20-16-3-1-2-4-17(16)22(30)26(25-20)11-19(28)31-12-18(27)23-8-13-5-14(9-23)7-15(6-13)10-23/h1-4,13-15H,5-12H2,(H2,24,29). The second kappa shape index (κ2) is 7.28. The summed E-state index contributed by atoms with van der Waals surface area (Å²) < 4.78 is 6.14. The lowest BCUT2D eigenvalue weighted by Crippen LogP contribution is -2.51. The molecule has 1 heterocycles. The molecule has 4 fully saturated rings. The fourth-order valence-corrected chi connectivity index (χ4v) is 6.44. The van der Waals surface area contributed by atoms with Crippen molar-refractivity contribution in [2.75, 3.05) is 6.61 Å². The molecule has 2 N–H and O–H groups in total. The largest absolute Gasteiger partial charge is 0.456 e. The lowest BCUT2D eigenvalue weighted by molar-refractivity contribution is -0.158. The number of rotatable bonds is 6. The van der Waals surface area contributed by atoms with Crippen LogP contribution in [-0.2, 0) is 20.9 Å². The summed E-state index contributed by atoms with van der Waals surface area (Å²) in [7, 11) is 0. The molecule has 8 nitrogen and oxygen atoms in total. The van der Waals surface area contributed by atoms with Crippen LogP contribution in [0, 0.1) is 23.2 Å². The van der Waals surface area contributed by atoms with Gasteiger partial charge in [-0.15, -0.1) is 0 Å². The van der Waals surface area contributed by atoms with Gasteiger partial charge in [0.1, 0.15) is 6.54 Å². The summed E-state index contributed by atoms with van der Waals surface area (Å²) in [6, 6.07) is 6.45. The van der Waals surface area contributed by atoms with Gasteiger partial charge in [0, 0.05) is 10.8 Å². The van der Waals surface area contributed by atoms with Gasteiger partial charge in [-0.1, -0.05) is 18.2 Å². The Kier molecular flexibility index (Phi) is 4.68. The second-order valence-corrected chi connectivity index (χ2v) is 9.50. The molecule has 0 radical (unpaired) electrons. The Balaban J connectivity index is 1.30. The first-order valence-corrected chi connectivity index (χ1v) is 10.8. The number of fused-ring (bicyclic) bond motifs is 1. The van der Waals surface area contributed by atoms with Crippen molar-refractivity contribution in [2.45, 2.75) is 45.1 Å². The van der Waals surface area contributed by atoms with Crippen LogP contribution >= 0.6 is 0 Å². The van der Waals surface area contributed by atoms with Crippen LogP contribution in [-0.4, -0.2) is 34.0 Å². The number of aromatic nitrogens is 2. The molecule has 0 unspecified atom stereocenters. The molecule has 0 saturated heterocycles. The van der Waals surface area contributed by atoms with E-state index >= 15 is 0 Å². The maximum atomic E-state index is 13.0. The number of hydrogen-bond donors (Lipinski definition) is 1. The van der Waals surface area contributed by atoms with Crippen LogP contribution in [0.25, 0.3) is 10.8 Å². The summed E-state index contributed by atoms with van der Waals surface area (Å²) in [5.74, 6) is 0.334. The average Bonchev–Trinajstić information content (AvgIpc) is 2.73. The second-order valence-electron chi connectivity index (χ2n) is 9.50. The fourth-order valence-electron chi connectivity index (χ4n) is 6.44.